The lowest BCUT2D eigenvalue weighted by Gasteiger charge is -2.18. The Labute approximate surface area is 101 Å². The van der Waals surface area contributed by atoms with Gasteiger partial charge in [-0.3, -0.25) is 9.59 Å². The molecule has 1 saturated carbocycles. The first-order valence-corrected chi connectivity index (χ1v) is 6.01. The van der Waals surface area contributed by atoms with Crippen molar-refractivity contribution < 1.29 is 19.1 Å². The van der Waals surface area contributed by atoms with Crippen molar-refractivity contribution in [1.82, 2.24) is 5.32 Å². The third-order valence-electron chi connectivity index (χ3n) is 2.90. The predicted molar refractivity (Wildman–Crippen MR) is 61.2 cm³/mol. The molecule has 0 spiro atoms. The van der Waals surface area contributed by atoms with E-state index in [1.807, 2.05) is 0 Å². The highest BCUT2D eigenvalue weighted by molar-refractivity contribution is 5.86. The molecular formula is C12H19NO4. The largest absolute Gasteiger partial charge is 0.464 e. The molecule has 96 valence electrons. The highest BCUT2D eigenvalue weighted by Gasteiger charge is 2.31. The van der Waals surface area contributed by atoms with Gasteiger partial charge < -0.3 is 10.1 Å². The number of ether oxygens (including phenoxy) is 1. The van der Waals surface area contributed by atoms with E-state index >= 15 is 0 Å². The number of hydrogen-bond acceptors (Lipinski definition) is 4. The van der Waals surface area contributed by atoms with Crippen LogP contribution in [0.1, 0.15) is 39.5 Å². The van der Waals surface area contributed by atoms with E-state index in [-0.39, 0.29) is 24.2 Å². The lowest BCUT2D eigenvalue weighted by atomic mass is 9.97. The molecule has 2 unspecified atom stereocenters. The van der Waals surface area contributed by atoms with Gasteiger partial charge in [0.15, 0.2) is 0 Å². The van der Waals surface area contributed by atoms with Crippen LogP contribution in [-0.2, 0) is 19.1 Å². The topological polar surface area (TPSA) is 72.5 Å². The van der Waals surface area contributed by atoms with Crippen LogP contribution in [0.5, 0.6) is 0 Å². The summed E-state index contributed by atoms with van der Waals surface area (Å²) in [6, 6.07) is -0.695. The Kier molecular flexibility index (Phi) is 5.12. The van der Waals surface area contributed by atoms with Crippen LogP contribution in [0.25, 0.3) is 0 Å². The fourth-order valence-electron chi connectivity index (χ4n) is 2.12. The Morgan fingerprint density at radius 1 is 1.53 bits per heavy atom. The van der Waals surface area contributed by atoms with Crippen LogP contribution in [0.4, 0.5) is 0 Å². The zero-order valence-corrected chi connectivity index (χ0v) is 10.3. The number of Topliss-reactive ketones (excluding diaryl/α,β-unsaturated/α-hetero) is 1. The molecule has 1 amide bonds. The van der Waals surface area contributed by atoms with Gasteiger partial charge in [0.05, 0.1) is 6.61 Å². The number of carbonyl (C=O) groups is 3. The Morgan fingerprint density at radius 2 is 2.24 bits per heavy atom. The van der Waals surface area contributed by atoms with Gasteiger partial charge in [0.1, 0.15) is 11.8 Å². The molecule has 1 N–H and O–H groups in total. The van der Waals surface area contributed by atoms with Crippen molar-refractivity contribution in [3.63, 3.8) is 0 Å². The van der Waals surface area contributed by atoms with Gasteiger partial charge in [-0.2, -0.15) is 0 Å². The normalized spacial score (nSPS) is 21.1. The molecule has 1 aliphatic carbocycles. The highest BCUT2D eigenvalue weighted by Crippen LogP contribution is 2.25. The number of esters is 1. The Bertz CT molecular complexity index is 314. The standard InChI is InChI=1S/C12H19NO4/c1-3-17-12(16)10(13-8(2)14)7-9-5-4-6-11(9)15/h9-10H,3-7H2,1-2H3,(H,13,14). The lowest BCUT2D eigenvalue weighted by Crippen LogP contribution is -2.42. The molecule has 0 aromatic heterocycles. The number of nitrogens with one attached hydrogen (secondary N) is 1. The number of rotatable bonds is 5. The fraction of sp³-hybridized carbons (Fsp3) is 0.750. The van der Waals surface area contributed by atoms with Crippen molar-refractivity contribution in [3.8, 4) is 0 Å². The third kappa shape index (κ3) is 4.17. The van der Waals surface area contributed by atoms with Crippen molar-refractivity contribution in [2.24, 2.45) is 5.92 Å². The van der Waals surface area contributed by atoms with E-state index in [1.165, 1.54) is 6.92 Å². The first kappa shape index (κ1) is 13.7. The summed E-state index contributed by atoms with van der Waals surface area (Å²) in [6.07, 6.45) is 2.62. The zero-order valence-electron chi connectivity index (χ0n) is 10.3. The molecule has 1 fully saturated rings. The van der Waals surface area contributed by atoms with Gasteiger partial charge in [-0.05, 0) is 26.2 Å². The average molecular weight is 241 g/mol. The second kappa shape index (κ2) is 6.37. The second-order valence-corrected chi connectivity index (χ2v) is 4.30. The minimum Gasteiger partial charge on any atom is -0.464 e. The van der Waals surface area contributed by atoms with Crippen LogP contribution in [0.3, 0.4) is 0 Å². The van der Waals surface area contributed by atoms with Crippen LogP contribution in [-0.4, -0.2) is 30.3 Å². The molecule has 5 nitrogen and oxygen atoms in total. The van der Waals surface area contributed by atoms with Crippen molar-refractivity contribution in [2.75, 3.05) is 6.61 Å². The quantitative estimate of drug-likeness (QED) is 0.723. The summed E-state index contributed by atoms with van der Waals surface area (Å²) in [6.45, 7) is 3.33. The predicted octanol–water partition coefficient (Wildman–Crippen LogP) is 0.813. The van der Waals surface area contributed by atoms with Crippen molar-refractivity contribution in [1.29, 1.82) is 0 Å². The van der Waals surface area contributed by atoms with E-state index in [0.717, 1.165) is 12.8 Å². The first-order chi connectivity index (χ1) is 8.04. The molecule has 0 bridgehead atoms. The molecule has 0 aliphatic heterocycles. The third-order valence-corrected chi connectivity index (χ3v) is 2.90. The molecule has 17 heavy (non-hydrogen) atoms. The van der Waals surface area contributed by atoms with E-state index in [2.05, 4.69) is 5.32 Å². The van der Waals surface area contributed by atoms with E-state index in [1.54, 1.807) is 6.92 Å². The smallest absolute Gasteiger partial charge is 0.328 e. The summed E-state index contributed by atoms with van der Waals surface area (Å²) in [5.74, 6) is -0.670. The van der Waals surface area contributed by atoms with Crippen molar-refractivity contribution >= 4 is 17.7 Å². The first-order valence-electron chi connectivity index (χ1n) is 6.01. The maximum atomic E-state index is 11.6. The SMILES string of the molecule is CCOC(=O)C(CC1CCCC1=O)NC(C)=O. The van der Waals surface area contributed by atoms with Gasteiger partial charge in [-0.1, -0.05) is 0 Å². The van der Waals surface area contributed by atoms with Gasteiger partial charge >= 0.3 is 5.97 Å². The number of hydrogen-bond donors (Lipinski definition) is 1. The summed E-state index contributed by atoms with van der Waals surface area (Å²) in [5, 5.41) is 2.55. The van der Waals surface area contributed by atoms with E-state index in [4.69, 9.17) is 4.74 Å². The Morgan fingerprint density at radius 3 is 2.71 bits per heavy atom. The molecule has 2 atom stereocenters. The van der Waals surface area contributed by atoms with Crippen LogP contribution < -0.4 is 5.32 Å². The summed E-state index contributed by atoms with van der Waals surface area (Å²) in [4.78, 5) is 34.2. The van der Waals surface area contributed by atoms with Crippen LogP contribution in [0.2, 0.25) is 0 Å². The minimum atomic E-state index is -0.695. The molecule has 1 rings (SSSR count). The maximum Gasteiger partial charge on any atom is 0.328 e. The summed E-state index contributed by atoms with van der Waals surface area (Å²) in [7, 11) is 0. The molecule has 5 heteroatoms. The van der Waals surface area contributed by atoms with Crippen molar-refractivity contribution in [3.05, 3.63) is 0 Å². The van der Waals surface area contributed by atoms with Gasteiger partial charge in [0.2, 0.25) is 5.91 Å². The van der Waals surface area contributed by atoms with E-state index < -0.39 is 12.0 Å². The molecule has 1 aliphatic rings. The minimum absolute atomic E-state index is 0.115. The van der Waals surface area contributed by atoms with Gasteiger partial charge in [-0.15, -0.1) is 0 Å². The van der Waals surface area contributed by atoms with Gasteiger partial charge in [0.25, 0.3) is 0 Å². The van der Waals surface area contributed by atoms with Gasteiger partial charge in [-0.25, -0.2) is 4.79 Å². The summed E-state index contributed by atoms with van der Waals surface area (Å²) < 4.78 is 4.89. The molecule has 0 saturated heterocycles. The van der Waals surface area contributed by atoms with E-state index in [0.29, 0.717) is 12.8 Å². The van der Waals surface area contributed by atoms with E-state index in [9.17, 15) is 14.4 Å². The Balaban J connectivity index is 2.59. The number of amides is 1. The molecule has 0 aromatic carbocycles. The lowest BCUT2D eigenvalue weighted by molar-refractivity contribution is -0.147. The Hall–Kier alpha value is -1.39. The zero-order chi connectivity index (χ0) is 12.8. The van der Waals surface area contributed by atoms with Gasteiger partial charge in [0, 0.05) is 19.3 Å². The van der Waals surface area contributed by atoms with Crippen LogP contribution in [0.15, 0.2) is 0 Å². The van der Waals surface area contributed by atoms with Crippen LogP contribution >= 0.6 is 0 Å². The molecule has 0 radical (unpaired) electrons. The monoisotopic (exact) mass is 241 g/mol. The maximum absolute atomic E-state index is 11.6. The number of ketones is 1. The van der Waals surface area contributed by atoms with Crippen LogP contribution in [0, 0.1) is 5.92 Å². The molecule has 0 aromatic rings. The number of carbonyl (C=O) groups excluding carboxylic acids is 3. The summed E-state index contributed by atoms with van der Waals surface area (Å²) >= 11 is 0. The highest BCUT2D eigenvalue weighted by atomic mass is 16.5. The molecule has 0 heterocycles. The fourth-order valence-corrected chi connectivity index (χ4v) is 2.12. The average Bonchev–Trinajstić information content (AvgIpc) is 2.63. The van der Waals surface area contributed by atoms with Crippen molar-refractivity contribution in [2.45, 2.75) is 45.6 Å². The second-order valence-electron chi connectivity index (χ2n) is 4.30. The summed E-state index contributed by atoms with van der Waals surface area (Å²) in [5.41, 5.74) is 0. The molecular weight excluding hydrogens is 222 g/mol.